The first kappa shape index (κ1) is 14.0. The van der Waals surface area contributed by atoms with E-state index in [1.54, 1.807) is 7.11 Å². The number of sulfone groups is 1. The highest BCUT2D eigenvalue weighted by atomic mass is 32.2. The Hall–Kier alpha value is -1.07. The van der Waals surface area contributed by atoms with E-state index in [9.17, 15) is 8.42 Å². The smallest absolute Gasteiger partial charge is 0.148 e. The van der Waals surface area contributed by atoms with Crippen molar-refractivity contribution < 1.29 is 13.2 Å². The van der Waals surface area contributed by atoms with Gasteiger partial charge in [-0.2, -0.15) is 0 Å². The normalized spacial score (nSPS) is 13.4. The molecule has 17 heavy (non-hydrogen) atoms. The lowest BCUT2D eigenvalue weighted by atomic mass is 10.2. The van der Waals surface area contributed by atoms with Crippen molar-refractivity contribution in [1.82, 2.24) is 5.32 Å². The van der Waals surface area contributed by atoms with Gasteiger partial charge in [-0.05, 0) is 13.0 Å². The first-order valence-corrected chi connectivity index (χ1v) is 7.51. The van der Waals surface area contributed by atoms with Gasteiger partial charge in [0.25, 0.3) is 0 Å². The van der Waals surface area contributed by atoms with Gasteiger partial charge in [-0.3, -0.25) is 0 Å². The average Bonchev–Trinajstić information content (AvgIpc) is 2.24. The lowest BCUT2D eigenvalue weighted by Gasteiger charge is -2.14. The highest BCUT2D eigenvalue weighted by Gasteiger charge is 2.10. The third-order valence-corrected chi connectivity index (χ3v) is 3.49. The maximum atomic E-state index is 11.1. The largest absolute Gasteiger partial charge is 0.496 e. The van der Waals surface area contributed by atoms with Crippen molar-refractivity contribution in [3.05, 3.63) is 29.8 Å². The van der Waals surface area contributed by atoms with Gasteiger partial charge in [0.05, 0.1) is 12.9 Å². The molecule has 5 heteroatoms. The number of nitrogens with one attached hydrogen (secondary N) is 1. The molecule has 0 aliphatic heterocycles. The van der Waals surface area contributed by atoms with Gasteiger partial charge in [0, 0.05) is 24.4 Å². The molecule has 0 heterocycles. The predicted octanol–water partition coefficient (Wildman–Crippen LogP) is 1.22. The van der Waals surface area contributed by atoms with E-state index < -0.39 is 9.84 Å². The molecule has 0 saturated heterocycles. The van der Waals surface area contributed by atoms with Crippen LogP contribution in [0.5, 0.6) is 5.75 Å². The Morgan fingerprint density at radius 2 is 2.00 bits per heavy atom. The summed E-state index contributed by atoms with van der Waals surface area (Å²) in [5, 5.41) is 3.17. The van der Waals surface area contributed by atoms with Gasteiger partial charge in [-0.25, -0.2) is 8.42 Å². The molecule has 1 N–H and O–H groups in total. The van der Waals surface area contributed by atoms with E-state index in [1.165, 1.54) is 6.26 Å². The number of rotatable bonds is 6. The number of benzene rings is 1. The molecule has 1 aromatic rings. The number of para-hydroxylation sites is 1. The fourth-order valence-corrected chi connectivity index (χ4v) is 2.67. The SMILES string of the molecule is COc1ccccc1CN[C@@H](C)CS(C)(=O)=O. The lowest BCUT2D eigenvalue weighted by molar-refractivity contribution is 0.406. The molecule has 0 aromatic heterocycles. The maximum absolute atomic E-state index is 11.1. The lowest BCUT2D eigenvalue weighted by Crippen LogP contribution is -2.32. The van der Waals surface area contributed by atoms with Crippen LogP contribution in [-0.4, -0.2) is 33.6 Å². The molecule has 0 unspecified atom stereocenters. The number of hydrogen-bond donors (Lipinski definition) is 1. The summed E-state index contributed by atoms with van der Waals surface area (Å²) < 4.78 is 27.4. The van der Waals surface area contributed by atoms with Gasteiger partial charge < -0.3 is 10.1 Å². The molecule has 0 radical (unpaired) electrons. The fourth-order valence-electron chi connectivity index (χ4n) is 1.65. The molecule has 1 rings (SSSR count). The van der Waals surface area contributed by atoms with E-state index in [2.05, 4.69) is 5.32 Å². The monoisotopic (exact) mass is 257 g/mol. The van der Waals surface area contributed by atoms with Crippen molar-refractivity contribution in [2.75, 3.05) is 19.1 Å². The van der Waals surface area contributed by atoms with Crippen molar-refractivity contribution in [2.24, 2.45) is 0 Å². The van der Waals surface area contributed by atoms with Gasteiger partial charge >= 0.3 is 0 Å². The van der Waals surface area contributed by atoms with Crippen LogP contribution in [0.3, 0.4) is 0 Å². The van der Waals surface area contributed by atoms with Gasteiger partial charge in [-0.15, -0.1) is 0 Å². The molecular weight excluding hydrogens is 238 g/mol. The van der Waals surface area contributed by atoms with E-state index >= 15 is 0 Å². The van der Waals surface area contributed by atoms with Gasteiger partial charge in [0.15, 0.2) is 0 Å². The highest BCUT2D eigenvalue weighted by Crippen LogP contribution is 2.16. The van der Waals surface area contributed by atoms with Crippen LogP contribution in [0.15, 0.2) is 24.3 Å². The Morgan fingerprint density at radius 3 is 2.59 bits per heavy atom. The van der Waals surface area contributed by atoms with Crippen LogP contribution in [0, 0.1) is 0 Å². The number of hydrogen-bond acceptors (Lipinski definition) is 4. The van der Waals surface area contributed by atoms with E-state index in [0.29, 0.717) is 6.54 Å². The number of methoxy groups -OCH3 is 1. The van der Waals surface area contributed by atoms with Crippen LogP contribution < -0.4 is 10.1 Å². The van der Waals surface area contributed by atoms with Crippen LogP contribution in [0.1, 0.15) is 12.5 Å². The standard InChI is InChI=1S/C12H19NO3S/c1-10(9-17(3,14)15)13-8-11-6-4-5-7-12(11)16-2/h4-7,10,13H,8-9H2,1-3H3/t10-/m0/s1. The summed E-state index contributed by atoms with van der Waals surface area (Å²) in [5.41, 5.74) is 1.02. The molecule has 0 amide bonds. The van der Waals surface area contributed by atoms with Gasteiger partial charge in [0.2, 0.25) is 0 Å². The second kappa shape index (κ2) is 6.02. The summed E-state index contributed by atoms with van der Waals surface area (Å²) in [6, 6.07) is 7.61. The van der Waals surface area contributed by atoms with Crippen molar-refractivity contribution in [1.29, 1.82) is 0 Å². The molecular formula is C12H19NO3S. The summed E-state index contributed by atoms with van der Waals surface area (Å²) in [7, 11) is -1.31. The van der Waals surface area contributed by atoms with Crippen LogP contribution in [0.25, 0.3) is 0 Å². The van der Waals surface area contributed by atoms with Crippen molar-refractivity contribution >= 4 is 9.84 Å². The summed E-state index contributed by atoms with van der Waals surface area (Å²) in [6.07, 6.45) is 1.24. The fraction of sp³-hybridized carbons (Fsp3) is 0.500. The first-order valence-electron chi connectivity index (χ1n) is 5.45. The third kappa shape index (κ3) is 5.19. The molecule has 96 valence electrons. The van der Waals surface area contributed by atoms with Gasteiger partial charge in [-0.1, -0.05) is 18.2 Å². The van der Waals surface area contributed by atoms with Crippen molar-refractivity contribution in [2.45, 2.75) is 19.5 Å². The third-order valence-electron chi connectivity index (χ3n) is 2.39. The Labute approximate surface area is 103 Å². The Balaban J connectivity index is 2.55. The second-order valence-electron chi connectivity index (χ2n) is 4.19. The first-order chi connectivity index (χ1) is 7.92. The molecule has 0 bridgehead atoms. The zero-order chi connectivity index (χ0) is 12.9. The minimum atomic E-state index is -2.94. The topological polar surface area (TPSA) is 55.4 Å². The highest BCUT2D eigenvalue weighted by molar-refractivity contribution is 7.90. The van der Waals surface area contributed by atoms with Crippen LogP contribution >= 0.6 is 0 Å². The van der Waals surface area contributed by atoms with E-state index in [4.69, 9.17) is 4.74 Å². The molecule has 0 aliphatic rings. The van der Waals surface area contributed by atoms with E-state index in [0.717, 1.165) is 11.3 Å². The molecule has 0 aliphatic carbocycles. The van der Waals surface area contributed by atoms with E-state index in [-0.39, 0.29) is 11.8 Å². The zero-order valence-electron chi connectivity index (χ0n) is 10.4. The molecule has 0 fully saturated rings. The summed E-state index contributed by atoms with van der Waals surface area (Å²) in [4.78, 5) is 0. The Morgan fingerprint density at radius 1 is 1.35 bits per heavy atom. The molecule has 4 nitrogen and oxygen atoms in total. The van der Waals surface area contributed by atoms with Crippen molar-refractivity contribution in [3.63, 3.8) is 0 Å². The zero-order valence-corrected chi connectivity index (χ0v) is 11.3. The maximum Gasteiger partial charge on any atom is 0.148 e. The molecule has 1 atom stereocenters. The van der Waals surface area contributed by atoms with Crippen molar-refractivity contribution in [3.8, 4) is 5.75 Å². The predicted molar refractivity (Wildman–Crippen MR) is 69.0 cm³/mol. The Bertz CT molecular complexity index is 457. The minimum absolute atomic E-state index is 0.0742. The van der Waals surface area contributed by atoms with Crippen LogP contribution in [0.4, 0.5) is 0 Å². The second-order valence-corrected chi connectivity index (χ2v) is 6.37. The molecule has 0 spiro atoms. The molecule has 0 saturated carbocycles. The summed E-state index contributed by atoms with van der Waals surface area (Å²) in [6.45, 7) is 2.46. The summed E-state index contributed by atoms with van der Waals surface area (Å²) in [5.74, 6) is 0.953. The van der Waals surface area contributed by atoms with E-state index in [1.807, 2.05) is 31.2 Å². The summed E-state index contributed by atoms with van der Waals surface area (Å²) >= 11 is 0. The van der Waals surface area contributed by atoms with Crippen LogP contribution in [-0.2, 0) is 16.4 Å². The quantitative estimate of drug-likeness (QED) is 0.832. The average molecular weight is 257 g/mol. The molecule has 1 aromatic carbocycles. The number of ether oxygens (including phenoxy) is 1. The van der Waals surface area contributed by atoms with Gasteiger partial charge in [0.1, 0.15) is 15.6 Å². The van der Waals surface area contributed by atoms with Crippen LogP contribution in [0.2, 0.25) is 0 Å². The Kier molecular flexibility index (Phi) is 4.96. The minimum Gasteiger partial charge on any atom is -0.496 e.